The maximum absolute atomic E-state index is 6.56. The Morgan fingerprint density at radius 1 is 0.971 bits per heavy atom. The van der Waals surface area contributed by atoms with E-state index in [1.54, 1.807) is 0 Å². The largest absolute Gasteiger partial charge is 0.399 e. The summed E-state index contributed by atoms with van der Waals surface area (Å²) in [6, 6.07) is 7.83. The van der Waals surface area contributed by atoms with Crippen LogP contribution < -0.4 is 16.8 Å². The van der Waals surface area contributed by atoms with Gasteiger partial charge in [0.15, 0.2) is 0 Å². The summed E-state index contributed by atoms with van der Waals surface area (Å²) in [5.41, 5.74) is 18.0. The zero-order valence-corrected chi connectivity index (χ0v) is 23.0. The SMILES string of the molecule is CCN(CC)CCCC(C)Nc1nc(C)cc(-c2c(C)nc3ccc(N)cc3c2N)n1.Cl.Cl.Cl. The molecule has 0 bridgehead atoms. The van der Waals surface area contributed by atoms with Gasteiger partial charge in [-0.25, -0.2) is 9.97 Å². The Morgan fingerprint density at radius 3 is 2.29 bits per heavy atom. The average Bonchev–Trinajstić information content (AvgIpc) is 2.71. The maximum Gasteiger partial charge on any atom is 0.223 e. The Labute approximate surface area is 221 Å². The molecule has 1 aromatic carbocycles. The molecule has 10 heteroatoms. The first-order chi connectivity index (χ1) is 14.8. The van der Waals surface area contributed by atoms with Crippen molar-refractivity contribution < 1.29 is 0 Å². The molecule has 0 amide bonds. The molecule has 190 valence electrons. The minimum Gasteiger partial charge on any atom is -0.399 e. The van der Waals surface area contributed by atoms with E-state index in [0.29, 0.717) is 17.3 Å². The first-order valence-corrected chi connectivity index (χ1v) is 11.1. The molecule has 7 nitrogen and oxygen atoms in total. The van der Waals surface area contributed by atoms with Crippen molar-refractivity contribution in [2.45, 2.75) is 53.5 Å². The lowest BCUT2D eigenvalue weighted by atomic mass is 10.0. The van der Waals surface area contributed by atoms with E-state index >= 15 is 0 Å². The van der Waals surface area contributed by atoms with E-state index < -0.39 is 0 Å². The number of nitrogens with two attached hydrogens (primary N) is 2. The highest BCUT2D eigenvalue weighted by atomic mass is 35.5. The topological polar surface area (TPSA) is 106 Å². The predicted molar refractivity (Wildman–Crippen MR) is 153 cm³/mol. The molecule has 0 radical (unpaired) electrons. The summed E-state index contributed by atoms with van der Waals surface area (Å²) in [5.74, 6) is 0.622. The van der Waals surface area contributed by atoms with Gasteiger partial charge in [0.1, 0.15) is 0 Å². The van der Waals surface area contributed by atoms with E-state index in [9.17, 15) is 0 Å². The van der Waals surface area contributed by atoms with Crippen molar-refractivity contribution >= 4 is 65.4 Å². The molecule has 0 saturated carbocycles. The van der Waals surface area contributed by atoms with Crippen LogP contribution in [0.5, 0.6) is 0 Å². The maximum atomic E-state index is 6.56. The van der Waals surface area contributed by atoms with Crippen molar-refractivity contribution in [1.29, 1.82) is 0 Å². The summed E-state index contributed by atoms with van der Waals surface area (Å²) in [6.07, 6.45) is 2.19. The fourth-order valence-corrected chi connectivity index (χ4v) is 3.97. The second-order valence-corrected chi connectivity index (χ2v) is 8.20. The van der Waals surface area contributed by atoms with Crippen molar-refractivity contribution in [2.75, 3.05) is 36.4 Å². The Bertz CT molecular complexity index is 1060. The predicted octanol–water partition coefficient (Wildman–Crippen LogP) is 5.66. The van der Waals surface area contributed by atoms with E-state index in [1.165, 1.54) is 0 Å². The van der Waals surface area contributed by atoms with Crippen molar-refractivity contribution in [1.82, 2.24) is 19.9 Å². The van der Waals surface area contributed by atoms with Crippen LogP contribution in [0.4, 0.5) is 17.3 Å². The second-order valence-electron chi connectivity index (χ2n) is 8.20. The summed E-state index contributed by atoms with van der Waals surface area (Å²) in [6.45, 7) is 13.8. The fraction of sp³-hybridized carbons (Fsp3) is 0.458. The molecule has 2 heterocycles. The molecule has 0 aliphatic rings. The highest BCUT2D eigenvalue weighted by Gasteiger charge is 2.16. The van der Waals surface area contributed by atoms with Crippen molar-refractivity contribution in [3.63, 3.8) is 0 Å². The number of aryl methyl sites for hydroxylation is 2. The number of fused-ring (bicyclic) bond motifs is 1. The van der Waals surface area contributed by atoms with Crippen LogP contribution in [-0.2, 0) is 0 Å². The number of nitrogens with zero attached hydrogens (tertiary/aromatic N) is 4. The zero-order valence-electron chi connectivity index (χ0n) is 20.6. The van der Waals surface area contributed by atoms with E-state index in [0.717, 1.165) is 66.0 Å². The molecule has 34 heavy (non-hydrogen) atoms. The Balaban J connectivity index is 0.00000363. The molecule has 2 aromatic heterocycles. The molecular weight excluding hydrogens is 493 g/mol. The minimum absolute atomic E-state index is 0. The Hall–Kier alpha value is -2.06. The number of benzene rings is 1. The summed E-state index contributed by atoms with van der Waals surface area (Å²) in [4.78, 5) is 16.6. The number of nitrogen functional groups attached to an aromatic ring is 2. The Morgan fingerprint density at radius 2 is 1.65 bits per heavy atom. The van der Waals surface area contributed by atoms with Crippen LogP contribution in [0.2, 0.25) is 0 Å². The molecule has 0 spiro atoms. The van der Waals surface area contributed by atoms with Crippen molar-refractivity contribution in [3.8, 4) is 11.3 Å². The van der Waals surface area contributed by atoms with Gasteiger partial charge in [-0.05, 0) is 77.5 Å². The van der Waals surface area contributed by atoms with Crippen LogP contribution in [-0.4, -0.2) is 45.5 Å². The number of hydrogen-bond acceptors (Lipinski definition) is 7. The molecule has 5 N–H and O–H groups in total. The lowest BCUT2D eigenvalue weighted by Crippen LogP contribution is -2.26. The van der Waals surface area contributed by atoms with Gasteiger partial charge in [-0.1, -0.05) is 13.8 Å². The van der Waals surface area contributed by atoms with E-state index in [4.69, 9.17) is 21.4 Å². The molecule has 1 atom stereocenters. The van der Waals surface area contributed by atoms with Crippen LogP contribution >= 0.6 is 37.2 Å². The summed E-state index contributed by atoms with van der Waals surface area (Å²) in [7, 11) is 0. The van der Waals surface area contributed by atoms with Gasteiger partial charge in [0.25, 0.3) is 0 Å². The number of rotatable bonds is 9. The van der Waals surface area contributed by atoms with Crippen LogP contribution in [0, 0.1) is 13.8 Å². The lowest BCUT2D eigenvalue weighted by molar-refractivity contribution is 0.295. The van der Waals surface area contributed by atoms with E-state index in [2.05, 4.69) is 36.0 Å². The fourth-order valence-electron chi connectivity index (χ4n) is 3.97. The Kier molecular flexibility index (Phi) is 13.5. The smallest absolute Gasteiger partial charge is 0.223 e. The van der Waals surface area contributed by atoms with Gasteiger partial charge in [-0.2, -0.15) is 0 Å². The highest BCUT2D eigenvalue weighted by molar-refractivity contribution is 6.00. The van der Waals surface area contributed by atoms with Gasteiger partial charge < -0.3 is 21.7 Å². The van der Waals surface area contributed by atoms with Crippen molar-refractivity contribution in [2.24, 2.45) is 0 Å². The molecule has 0 aliphatic carbocycles. The summed E-state index contributed by atoms with van der Waals surface area (Å²) in [5, 5.41) is 4.31. The summed E-state index contributed by atoms with van der Waals surface area (Å²) >= 11 is 0. The zero-order chi connectivity index (χ0) is 22.5. The molecule has 0 aliphatic heterocycles. The van der Waals surface area contributed by atoms with Gasteiger partial charge in [0, 0.05) is 34.1 Å². The second kappa shape index (κ2) is 14.4. The monoisotopic (exact) mass is 529 g/mol. The quantitative estimate of drug-likeness (QED) is 0.306. The first-order valence-electron chi connectivity index (χ1n) is 11.1. The molecule has 3 aromatic rings. The number of halogens is 3. The van der Waals surface area contributed by atoms with Crippen LogP contribution in [0.15, 0.2) is 24.3 Å². The standard InChI is InChI=1S/C24H35N7.3ClH/c1-6-31(7-2)12-8-9-15(3)27-24-28-16(4)13-21(30-24)22-17(5)29-20-11-10-18(25)14-19(20)23(22)26;;;/h10-11,13-15H,6-9,12,25H2,1-5H3,(H2,26,29)(H,27,28,30);3*1H. The first kappa shape index (κ1) is 31.9. The number of hydrogen-bond donors (Lipinski definition) is 3. The van der Waals surface area contributed by atoms with E-state index in [1.807, 2.05) is 38.1 Å². The van der Waals surface area contributed by atoms with Crippen molar-refractivity contribution in [3.05, 3.63) is 35.7 Å². The lowest BCUT2D eigenvalue weighted by Gasteiger charge is -2.20. The van der Waals surface area contributed by atoms with Gasteiger partial charge in [0.05, 0.1) is 16.9 Å². The van der Waals surface area contributed by atoms with E-state index in [-0.39, 0.29) is 43.3 Å². The number of nitrogens with one attached hydrogen (secondary N) is 1. The molecule has 3 rings (SSSR count). The summed E-state index contributed by atoms with van der Waals surface area (Å²) < 4.78 is 0. The minimum atomic E-state index is 0. The third-order valence-electron chi connectivity index (χ3n) is 5.72. The number of pyridine rings is 1. The van der Waals surface area contributed by atoms with Crippen LogP contribution in [0.1, 0.15) is 45.0 Å². The average molecular weight is 531 g/mol. The number of aromatic nitrogens is 3. The third kappa shape index (κ3) is 7.73. The van der Waals surface area contributed by atoms with Gasteiger partial charge in [0.2, 0.25) is 5.95 Å². The normalized spacial score (nSPS) is 11.4. The molecule has 1 unspecified atom stereocenters. The van der Waals surface area contributed by atoms with Crippen LogP contribution in [0.3, 0.4) is 0 Å². The van der Waals surface area contributed by atoms with Gasteiger partial charge >= 0.3 is 0 Å². The van der Waals surface area contributed by atoms with Crippen LogP contribution in [0.25, 0.3) is 22.2 Å². The molecule has 0 fully saturated rings. The number of anilines is 3. The molecular formula is C24H38Cl3N7. The molecule has 0 saturated heterocycles. The third-order valence-corrected chi connectivity index (χ3v) is 5.72. The van der Waals surface area contributed by atoms with Gasteiger partial charge in [-0.3, -0.25) is 4.98 Å². The van der Waals surface area contributed by atoms with Gasteiger partial charge in [-0.15, -0.1) is 37.2 Å². The highest BCUT2D eigenvalue weighted by Crippen LogP contribution is 2.34.